The van der Waals surface area contributed by atoms with E-state index in [1.807, 2.05) is 24.3 Å². The van der Waals surface area contributed by atoms with Crippen molar-refractivity contribution >= 4 is 32.6 Å². The SMILES string of the molecule is COc1cc(OC)c(C2SCCN2S(=O)(=O)c2ccc3cccc4c3c2CC4)cc1OC. The molecule has 0 spiro atoms. The van der Waals surface area contributed by atoms with Crippen LogP contribution in [-0.4, -0.2) is 46.4 Å². The van der Waals surface area contributed by atoms with Crippen LogP contribution >= 0.6 is 11.8 Å². The first kappa shape index (κ1) is 21.4. The minimum absolute atomic E-state index is 0.408. The smallest absolute Gasteiger partial charge is 0.244 e. The zero-order chi connectivity index (χ0) is 22.5. The van der Waals surface area contributed by atoms with Gasteiger partial charge in [0.2, 0.25) is 10.0 Å². The predicted octanol–water partition coefficient (Wildman–Crippen LogP) is 4.40. The van der Waals surface area contributed by atoms with Gasteiger partial charge in [0.05, 0.1) is 31.6 Å². The summed E-state index contributed by atoms with van der Waals surface area (Å²) in [5, 5.41) is 1.79. The van der Waals surface area contributed by atoms with E-state index in [1.54, 1.807) is 49.5 Å². The summed E-state index contributed by atoms with van der Waals surface area (Å²) in [5.41, 5.74) is 2.92. The largest absolute Gasteiger partial charge is 0.496 e. The van der Waals surface area contributed by atoms with Gasteiger partial charge < -0.3 is 14.2 Å². The van der Waals surface area contributed by atoms with Crippen molar-refractivity contribution in [3.05, 3.63) is 59.2 Å². The lowest BCUT2D eigenvalue weighted by atomic mass is 10.1. The van der Waals surface area contributed by atoms with Gasteiger partial charge in [-0.2, -0.15) is 4.31 Å². The molecule has 3 aromatic carbocycles. The first-order valence-corrected chi connectivity index (χ1v) is 12.9. The van der Waals surface area contributed by atoms with Crippen molar-refractivity contribution in [2.45, 2.75) is 23.1 Å². The molecular weight excluding hydrogens is 446 g/mol. The molecule has 8 heteroatoms. The minimum atomic E-state index is -3.71. The van der Waals surface area contributed by atoms with E-state index in [0.29, 0.717) is 34.4 Å². The molecule has 1 fully saturated rings. The van der Waals surface area contributed by atoms with Crippen LogP contribution in [0.15, 0.2) is 47.4 Å². The molecule has 0 bridgehead atoms. The summed E-state index contributed by atoms with van der Waals surface area (Å²) in [6, 6.07) is 13.5. The molecule has 0 radical (unpaired) electrons. The van der Waals surface area contributed by atoms with E-state index in [1.165, 1.54) is 5.56 Å². The second kappa shape index (κ2) is 8.17. The summed E-state index contributed by atoms with van der Waals surface area (Å²) in [6.45, 7) is 0.439. The Morgan fingerprint density at radius 1 is 0.938 bits per heavy atom. The Bertz CT molecular complexity index is 1310. The van der Waals surface area contributed by atoms with E-state index in [-0.39, 0.29) is 0 Å². The van der Waals surface area contributed by atoms with E-state index < -0.39 is 15.4 Å². The van der Waals surface area contributed by atoms with Crippen molar-refractivity contribution in [2.24, 2.45) is 0 Å². The lowest BCUT2D eigenvalue weighted by molar-refractivity contribution is 0.344. The first-order chi connectivity index (χ1) is 15.5. The van der Waals surface area contributed by atoms with Crippen molar-refractivity contribution in [3.8, 4) is 17.2 Å². The van der Waals surface area contributed by atoms with E-state index in [9.17, 15) is 8.42 Å². The van der Waals surface area contributed by atoms with Gasteiger partial charge in [-0.25, -0.2) is 8.42 Å². The molecule has 0 N–H and O–H groups in total. The molecule has 1 heterocycles. The maximum absolute atomic E-state index is 14.0. The van der Waals surface area contributed by atoms with Gasteiger partial charge in [-0.05, 0) is 46.9 Å². The van der Waals surface area contributed by atoms with E-state index in [2.05, 4.69) is 6.07 Å². The molecule has 5 rings (SSSR count). The molecule has 0 aromatic heterocycles. The van der Waals surface area contributed by atoms with E-state index in [0.717, 1.165) is 34.7 Å². The van der Waals surface area contributed by atoms with Gasteiger partial charge in [0, 0.05) is 23.9 Å². The third-order valence-corrected chi connectivity index (χ3v) is 9.60. The third kappa shape index (κ3) is 3.24. The number of benzene rings is 3. The average molecular weight is 472 g/mol. The number of ether oxygens (including phenoxy) is 3. The average Bonchev–Trinajstić information content (AvgIpc) is 3.47. The molecule has 168 valence electrons. The van der Waals surface area contributed by atoms with Crippen LogP contribution in [0.4, 0.5) is 0 Å². The van der Waals surface area contributed by atoms with Crippen molar-refractivity contribution in [2.75, 3.05) is 33.6 Å². The van der Waals surface area contributed by atoms with Crippen LogP contribution in [0.25, 0.3) is 10.8 Å². The van der Waals surface area contributed by atoms with Crippen molar-refractivity contribution in [3.63, 3.8) is 0 Å². The zero-order valence-electron chi connectivity index (χ0n) is 18.3. The summed E-state index contributed by atoms with van der Waals surface area (Å²) in [6.07, 6.45) is 1.62. The Labute approximate surface area is 192 Å². The topological polar surface area (TPSA) is 65.1 Å². The lowest BCUT2D eigenvalue weighted by Gasteiger charge is -2.26. The maximum atomic E-state index is 14.0. The second-order valence-corrected chi connectivity index (χ2v) is 10.9. The Balaban J connectivity index is 1.61. The van der Waals surface area contributed by atoms with Crippen LogP contribution in [0.5, 0.6) is 17.2 Å². The maximum Gasteiger partial charge on any atom is 0.244 e. The number of sulfonamides is 1. The highest BCUT2D eigenvalue weighted by Crippen LogP contribution is 2.48. The van der Waals surface area contributed by atoms with Gasteiger partial charge in [0.25, 0.3) is 0 Å². The molecular formula is C24H25NO5S2. The standard InChI is InChI=1S/C24H25NO5S2/c1-28-19-14-21(30-3)20(29-2)13-18(19)24-25(11-12-31-24)32(26,27)22-10-8-16-6-4-5-15-7-9-17(22)23(15)16/h4-6,8,10,13-14,24H,7,9,11-12H2,1-3H3. The number of thioether (sulfide) groups is 1. The van der Waals surface area contributed by atoms with Gasteiger partial charge >= 0.3 is 0 Å². The summed E-state index contributed by atoms with van der Waals surface area (Å²) >= 11 is 1.59. The number of aryl methyl sites for hydroxylation is 2. The molecule has 1 aliphatic heterocycles. The van der Waals surface area contributed by atoms with Crippen LogP contribution in [0.2, 0.25) is 0 Å². The number of nitrogens with zero attached hydrogens (tertiary/aromatic N) is 1. The molecule has 0 amide bonds. The molecule has 1 aliphatic carbocycles. The van der Waals surface area contributed by atoms with Gasteiger partial charge in [-0.1, -0.05) is 24.3 Å². The molecule has 2 aliphatic rings. The Morgan fingerprint density at radius 3 is 2.44 bits per heavy atom. The van der Waals surface area contributed by atoms with Crippen molar-refractivity contribution in [1.29, 1.82) is 0 Å². The van der Waals surface area contributed by atoms with Crippen LogP contribution < -0.4 is 14.2 Å². The fraction of sp³-hybridized carbons (Fsp3) is 0.333. The summed E-state index contributed by atoms with van der Waals surface area (Å²) in [5.74, 6) is 2.37. The highest BCUT2D eigenvalue weighted by molar-refractivity contribution is 8.01. The molecule has 6 nitrogen and oxygen atoms in total. The van der Waals surface area contributed by atoms with Crippen LogP contribution in [0.1, 0.15) is 22.1 Å². The fourth-order valence-corrected chi connectivity index (χ4v) is 8.30. The Kier molecular flexibility index (Phi) is 5.47. The highest BCUT2D eigenvalue weighted by Gasteiger charge is 2.40. The molecule has 1 unspecified atom stereocenters. The quantitative estimate of drug-likeness (QED) is 0.531. The van der Waals surface area contributed by atoms with Gasteiger partial charge in [-0.3, -0.25) is 0 Å². The van der Waals surface area contributed by atoms with Gasteiger partial charge in [0.15, 0.2) is 11.5 Å². The Morgan fingerprint density at radius 2 is 1.69 bits per heavy atom. The number of rotatable bonds is 6. The predicted molar refractivity (Wildman–Crippen MR) is 127 cm³/mol. The van der Waals surface area contributed by atoms with E-state index in [4.69, 9.17) is 14.2 Å². The monoisotopic (exact) mass is 471 g/mol. The summed E-state index contributed by atoms with van der Waals surface area (Å²) in [7, 11) is 0.999. The van der Waals surface area contributed by atoms with Crippen LogP contribution in [0, 0.1) is 0 Å². The zero-order valence-corrected chi connectivity index (χ0v) is 19.9. The first-order valence-electron chi connectivity index (χ1n) is 10.5. The normalized spacial score (nSPS) is 18.3. The second-order valence-electron chi connectivity index (χ2n) is 7.85. The van der Waals surface area contributed by atoms with E-state index >= 15 is 0 Å². The third-order valence-electron chi connectivity index (χ3n) is 6.28. The van der Waals surface area contributed by atoms with Crippen molar-refractivity contribution in [1.82, 2.24) is 4.31 Å². The van der Waals surface area contributed by atoms with Gasteiger partial charge in [-0.15, -0.1) is 11.8 Å². The van der Waals surface area contributed by atoms with Crippen LogP contribution in [0.3, 0.4) is 0 Å². The number of methoxy groups -OCH3 is 3. The fourth-order valence-electron chi connectivity index (χ4n) is 4.79. The molecule has 32 heavy (non-hydrogen) atoms. The summed E-state index contributed by atoms with van der Waals surface area (Å²) < 4.78 is 46.0. The van der Waals surface area contributed by atoms with Crippen molar-refractivity contribution < 1.29 is 22.6 Å². The molecule has 0 saturated carbocycles. The van der Waals surface area contributed by atoms with Crippen LogP contribution in [-0.2, 0) is 22.9 Å². The summed E-state index contributed by atoms with van der Waals surface area (Å²) in [4.78, 5) is 0.418. The number of hydrogen-bond donors (Lipinski definition) is 0. The molecule has 3 aromatic rings. The lowest BCUT2D eigenvalue weighted by Crippen LogP contribution is -2.31. The minimum Gasteiger partial charge on any atom is -0.496 e. The molecule has 1 saturated heterocycles. The Hall–Kier alpha value is -2.42. The molecule has 1 atom stereocenters. The van der Waals surface area contributed by atoms with Gasteiger partial charge in [0.1, 0.15) is 5.75 Å². The highest BCUT2D eigenvalue weighted by atomic mass is 32.2. The number of hydrogen-bond acceptors (Lipinski definition) is 6.